The molecule has 3 rings (SSSR count). The molecule has 1 aliphatic rings. The van der Waals surface area contributed by atoms with E-state index in [1.165, 1.54) is 5.56 Å². The predicted molar refractivity (Wildman–Crippen MR) is 78.0 cm³/mol. The molecular weight excluding hydrogens is 268 g/mol. The first-order valence-electron chi connectivity index (χ1n) is 7.16. The fourth-order valence-corrected chi connectivity index (χ4v) is 2.34. The number of carbonyl (C=O) groups is 1. The van der Waals surface area contributed by atoms with E-state index in [4.69, 9.17) is 9.26 Å². The van der Waals surface area contributed by atoms with Crippen LogP contribution in [0.15, 0.2) is 34.9 Å². The molecule has 1 aromatic heterocycles. The van der Waals surface area contributed by atoms with Crippen LogP contribution in [-0.2, 0) is 4.74 Å². The molecule has 1 aliphatic heterocycles. The minimum Gasteiger partial charge on any atom is -0.376 e. The van der Waals surface area contributed by atoms with Gasteiger partial charge in [0.05, 0.1) is 6.10 Å². The molecular formula is C16H18N2O3. The predicted octanol–water partition coefficient (Wildman–Crippen LogP) is 2.56. The summed E-state index contributed by atoms with van der Waals surface area (Å²) in [5.74, 6) is -0.0278. The summed E-state index contributed by atoms with van der Waals surface area (Å²) in [6.45, 7) is 3.32. The van der Waals surface area contributed by atoms with Gasteiger partial charge in [-0.1, -0.05) is 35.0 Å². The number of aryl methyl sites for hydroxylation is 1. The standard InChI is InChI=1S/C16H18N2O3/c1-11-4-6-12(7-5-11)14-9-15(21-18-14)16(19)17-10-13-3-2-8-20-13/h4-7,9,13H,2-3,8,10H2,1H3,(H,17,19)/t13-/m1/s1. The molecule has 0 saturated carbocycles. The number of benzene rings is 1. The van der Waals surface area contributed by atoms with E-state index in [-0.39, 0.29) is 17.8 Å². The number of hydrogen-bond donors (Lipinski definition) is 1. The molecule has 1 saturated heterocycles. The number of rotatable bonds is 4. The summed E-state index contributed by atoms with van der Waals surface area (Å²) in [5, 5.41) is 6.77. The molecule has 0 radical (unpaired) electrons. The molecule has 0 bridgehead atoms. The molecule has 0 spiro atoms. The Hall–Kier alpha value is -2.14. The fourth-order valence-electron chi connectivity index (χ4n) is 2.34. The van der Waals surface area contributed by atoms with Crippen molar-refractivity contribution in [3.05, 3.63) is 41.7 Å². The van der Waals surface area contributed by atoms with Crippen LogP contribution in [0.4, 0.5) is 0 Å². The van der Waals surface area contributed by atoms with E-state index in [1.54, 1.807) is 6.07 Å². The number of hydrogen-bond acceptors (Lipinski definition) is 4. The van der Waals surface area contributed by atoms with Crippen LogP contribution in [-0.4, -0.2) is 30.3 Å². The highest BCUT2D eigenvalue weighted by molar-refractivity contribution is 5.92. The first-order valence-corrected chi connectivity index (χ1v) is 7.16. The number of amides is 1. The van der Waals surface area contributed by atoms with Gasteiger partial charge in [-0.3, -0.25) is 4.79 Å². The van der Waals surface area contributed by atoms with Crippen molar-refractivity contribution < 1.29 is 14.1 Å². The van der Waals surface area contributed by atoms with Crippen molar-refractivity contribution in [1.82, 2.24) is 10.5 Å². The number of carbonyl (C=O) groups excluding carboxylic acids is 1. The van der Waals surface area contributed by atoms with Crippen LogP contribution in [0.1, 0.15) is 29.0 Å². The van der Waals surface area contributed by atoms with E-state index in [0.717, 1.165) is 25.0 Å². The molecule has 0 aliphatic carbocycles. The lowest BCUT2D eigenvalue weighted by Crippen LogP contribution is -2.31. The molecule has 0 unspecified atom stereocenters. The third kappa shape index (κ3) is 3.31. The van der Waals surface area contributed by atoms with E-state index >= 15 is 0 Å². The third-order valence-corrected chi connectivity index (χ3v) is 3.60. The summed E-state index contributed by atoms with van der Waals surface area (Å²) in [4.78, 5) is 12.0. The summed E-state index contributed by atoms with van der Waals surface area (Å²) in [7, 11) is 0. The fraction of sp³-hybridized carbons (Fsp3) is 0.375. The van der Waals surface area contributed by atoms with Crippen LogP contribution in [0.5, 0.6) is 0 Å². The van der Waals surface area contributed by atoms with Gasteiger partial charge in [-0.05, 0) is 19.8 Å². The number of nitrogens with zero attached hydrogens (tertiary/aromatic N) is 1. The normalized spacial score (nSPS) is 17.9. The van der Waals surface area contributed by atoms with Crippen LogP contribution in [0.2, 0.25) is 0 Å². The maximum atomic E-state index is 12.0. The van der Waals surface area contributed by atoms with Crippen LogP contribution < -0.4 is 5.32 Å². The topological polar surface area (TPSA) is 64.4 Å². The van der Waals surface area contributed by atoms with Gasteiger partial charge in [-0.15, -0.1) is 0 Å². The number of nitrogens with one attached hydrogen (secondary N) is 1. The second-order valence-corrected chi connectivity index (χ2v) is 5.29. The summed E-state index contributed by atoms with van der Waals surface area (Å²) in [6, 6.07) is 9.58. The molecule has 2 aromatic rings. The molecule has 1 amide bonds. The number of aromatic nitrogens is 1. The Morgan fingerprint density at radius 2 is 2.19 bits per heavy atom. The molecule has 5 heteroatoms. The maximum absolute atomic E-state index is 12.0. The van der Waals surface area contributed by atoms with Crippen LogP contribution >= 0.6 is 0 Å². The Balaban J connectivity index is 1.63. The Morgan fingerprint density at radius 1 is 1.38 bits per heavy atom. The van der Waals surface area contributed by atoms with Gasteiger partial charge in [0.1, 0.15) is 5.69 Å². The van der Waals surface area contributed by atoms with Crippen molar-refractivity contribution in [3.8, 4) is 11.3 Å². The van der Waals surface area contributed by atoms with Crippen molar-refractivity contribution in [2.75, 3.05) is 13.2 Å². The zero-order valence-corrected chi connectivity index (χ0v) is 12.0. The Morgan fingerprint density at radius 3 is 2.90 bits per heavy atom. The Bertz CT molecular complexity index is 613. The first kappa shape index (κ1) is 13.8. The SMILES string of the molecule is Cc1ccc(-c2cc(C(=O)NC[C@H]3CCCO3)on2)cc1. The second-order valence-electron chi connectivity index (χ2n) is 5.29. The molecule has 21 heavy (non-hydrogen) atoms. The van der Waals surface area contributed by atoms with Crippen LogP contribution in [0.3, 0.4) is 0 Å². The van der Waals surface area contributed by atoms with E-state index in [9.17, 15) is 4.79 Å². The van der Waals surface area contributed by atoms with E-state index in [1.807, 2.05) is 31.2 Å². The van der Waals surface area contributed by atoms with Gasteiger partial charge in [0, 0.05) is 24.8 Å². The zero-order valence-electron chi connectivity index (χ0n) is 12.0. The minimum atomic E-state index is -0.253. The Labute approximate surface area is 123 Å². The van der Waals surface area contributed by atoms with Crippen molar-refractivity contribution >= 4 is 5.91 Å². The highest BCUT2D eigenvalue weighted by Crippen LogP contribution is 2.19. The summed E-state index contributed by atoms with van der Waals surface area (Å²) < 4.78 is 10.6. The van der Waals surface area contributed by atoms with Crippen molar-refractivity contribution in [2.45, 2.75) is 25.9 Å². The number of ether oxygens (including phenoxy) is 1. The van der Waals surface area contributed by atoms with Crippen LogP contribution in [0, 0.1) is 6.92 Å². The van der Waals surface area contributed by atoms with Crippen molar-refractivity contribution in [3.63, 3.8) is 0 Å². The quantitative estimate of drug-likeness (QED) is 0.938. The van der Waals surface area contributed by atoms with Gasteiger partial charge < -0.3 is 14.6 Å². The monoisotopic (exact) mass is 286 g/mol. The van der Waals surface area contributed by atoms with Gasteiger partial charge in [-0.25, -0.2) is 0 Å². The van der Waals surface area contributed by atoms with Crippen molar-refractivity contribution in [1.29, 1.82) is 0 Å². The Kier molecular flexibility index (Phi) is 4.01. The molecule has 1 fully saturated rings. The average molecular weight is 286 g/mol. The third-order valence-electron chi connectivity index (χ3n) is 3.60. The lowest BCUT2D eigenvalue weighted by atomic mass is 10.1. The molecule has 1 aromatic carbocycles. The van der Waals surface area contributed by atoms with Gasteiger partial charge >= 0.3 is 0 Å². The summed E-state index contributed by atoms with van der Waals surface area (Å²) >= 11 is 0. The average Bonchev–Trinajstić information content (AvgIpc) is 3.17. The van der Waals surface area contributed by atoms with Gasteiger partial charge in [0.25, 0.3) is 5.91 Å². The lowest BCUT2D eigenvalue weighted by molar-refractivity contribution is 0.0828. The maximum Gasteiger partial charge on any atom is 0.290 e. The smallest absolute Gasteiger partial charge is 0.290 e. The zero-order chi connectivity index (χ0) is 14.7. The molecule has 5 nitrogen and oxygen atoms in total. The molecule has 2 heterocycles. The highest BCUT2D eigenvalue weighted by Gasteiger charge is 2.19. The van der Waals surface area contributed by atoms with Gasteiger partial charge in [-0.2, -0.15) is 0 Å². The van der Waals surface area contributed by atoms with E-state index < -0.39 is 0 Å². The second kappa shape index (κ2) is 6.10. The van der Waals surface area contributed by atoms with Crippen LogP contribution in [0.25, 0.3) is 11.3 Å². The minimum absolute atomic E-state index is 0.119. The van der Waals surface area contributed by atoms with E-state index in [2.05, 4.69) is 10.5 Å². The lowest BCUT2D eigenvalue weighted by Gasteiger charge is -2.08. The van der Waals surface area contributed by atoms with Crippen molar-refractivity contribution in [2.24, 2.45) is 0 Å². The first-order chi connectivity index (χ1) is 10.2. The van der Waals surface area contributed by atoms with Gasteiger partial charge in [0.2, 0.25) is 5.76 Å². The van der Waals surface area contributed by atoms with Gasteiger partial charge in [0.15, 0.2) is 0 Å². The van der Waals surface area contributed by atoms with E-state index in [0.29, 0.717) is 12.2 Å². The molecule has 1 N–H and O–H groups in total. The summed E-state index contributed by atoms with van der Waals surface area (Å²) in [6.07, 6.45) is 2.17. The highest BCUT2D eigenvalue weighted by atomic mass is 16.5. The largest absolute Gasteiger partial charge is 0.376 e. The molecule has 1 atom stereocenters. The molecule has 110 valence electrons. The summed E-state index contributed by atoms with van der Waals surface area (Å²) in [5.41, 5.74) is 2.77.